The van der Waals surface area contributed by atoms with Gasteiger partial charge in [0.2, 0.25) is 18.3 Å². The molecule has 0 unspecified atom stereocenters. The molecular weight excluding hydrogens is 1070 g/mol. The van der Waals surface area contributed by atoms with Crippen molar-refractivity contribution in [1.29, 1.82) is 0 Å². The third-order valence-corrected chi connectivity index (χ3v) is 15.8. The van der Waals surface area contributed by atoms with E-state index in [1.54, 1.807) is 26.0 Å². The number of alkyl carbamates (subject to hydrolysis) is 2. The summed E-state index contributed by atoms with van der Waals surface area (Å²) in [5.41, 5.74) is 5.96. The van der Waals surface area contributed by atoms with Crippen LogP contribution in [0.15, 0.2) is 89.7 Å². The van der Waals surface area contributed by atoms with Gasteiger partial charge in [-0.25, -0.2) is 19.4 Å². The number of anilines is 1. The Morgan fingerprint density at radius 2 is 1.54 bits per heavy atom. The Kier molecular flexibility index (Phi) is 15.2. The Labute approximate surface area is 474 Å². The monoisotopic (exact) mass is 1130 g/mol. The lowest BCUT2D eigenvalue weighted by Crippen LogP contribution is -2.59. The topological polar surface area (TPSA) is 285 Å². The molecule has 1 saturated heterocycles. The minimum Gasteiger partial charge on any atom is -0.493 e. The van der Waals surface area contributed by atoms with Crippen molar-refractivity contribution in [3.63, 3.8) is 0 Å². The van der Waals surface area contributed by atoms with Crippen LogP contribution in [0.4, 0.5) is 15.3 Å². The van der Waals surface area contributed by atoms with Crippen molar-refractivity contribution < 1.29 is 76.6 Å². The molecule has 22 heteroatoms. The van der Waals surface area contributed by atoms with Gasteiger partial charge in [-0.3, -0.25) is 24.0 Å². The zero-order valence-corrected chi connectivity index (χ0v) is 46.0. The second kappa shape index (κ2) is 22.7. The van der Waals surface area contributed by atoms with E-state index in [0.29, 0.717) is 57.8 Å². The van der Waals surface area contributed by atoms with Gasteiger partial charge < -0.3 is 63.5 Å². The minimum absolute atomic E-state index is 0.0185. The molecule has 1 fully saturated rings. The lowest BCUT2D eigenvalue weighted by molar-refractivity contribution is -0.261. The molecule has 0 radical (unpaired) electrons. The lowest BCUT2D eigenvalue weighted by Gasteiger charge is -2.43. The van der Waals surface area contributed by atoms with Gasteiger partial charge in [-0.1, -0.05) is 68.4 Å². The summed E-state index contributed by atoms with van der Waals surface area (Å²) >= 11 is 0. The first-order valence-electron chi connectivity index (χ1n) is 27.3. The Bertz CT molecular complexity index is 3700. The van der Waals surface area contributed by atoms with Gasteiger partial charge in [0.1, 0.15) is 37.4 Å². The van der Waals surface area contributed by atoms with Crippen molar-refractivity contribution in [2.75, 3.05) is 25.1 Å². The van der Waals surface area contributed by atoms with E-state index in [9.17, 15) is 43.5 Å². The van der Waals surface area contributed by atoms with Crippen molar-refractivity contribution in [1.82, 2.24) is 20.2 Å². The fourth-order valence-electron chi connectivity index (χ4n) is 11.7. The molecule has 83 heavy (non-hydrogen) atoms. The number of amides is 3. The molecule has 0 bridgehead atoms. The molecule has 2 aromatic heterocycles. The van der Waals surface area contributed by atoms with Crippen LogP contribution in [0.3, 0.4) is 0 Å². The number of Topliss-reactive ketones (excluding diaryl/α,β-unsaturated/α-hetero) is 1. The number of carbonyl (C=O) groups excluding carboxylic acids is 7. The summed E-state index contributed by atoms with van der Waals surface area (Å²) < 4.78 is 47.7. The standard InChI is InChI=1S/C61H59N5O17/c1-6-61(75)45-23-48-52-42(26-66(48)56(71)44(45)29-77-58(61)72)41(40-22-35-18-20-76-50(35)24-46(40)65-52)25-63-60(74)78-27-34-15-16-49(82-57-55(81-33(5)69)54(80-32(4)68)30(2)53(83-57)31(3)67)47(21-34)64-51(70)17-19-62-59(73)79-28-43-38-13-9-7-11-36(38)37-12-8-10-14-39(37)43/h7-16,21-24,30,43,53-55,57,75H,6,17-20,25-29H2,1-5H3,(H,62,73)(H,63,74)(H,64,70)/t30-,53+,54+,55-,57-,61+/m1/s1. The molecule has 4 N–H and O–H groups in total. The predicted molar refractivity (Wildman–Crippen MR) is 294 cm³/mol. The molecular formula is C61H59N5O17. The maximum Gasteiger partial charge on any atom is 0.407 e. The number of aliphatic hydroxyl groups is 1. The van der Waals surface area contributed by atoms with Crippen LogP contribution < -0.4 is 31.0 Å². The molecule has 1 aliphatic carbocycles. The number of aromatic nitrogens is 2. The van der Waals surface area contributed by atoms with E-state index in [1.807, 2.05) is 54.6 Å². The summed E-state index contributed by atoms with van der Waals surface area (Å²) in [5, 5.41) is 20.4. The molecule has 6 aromatic rings. The normalized spacial score (nSPS) is 20.7. The van der Waals surface area contributed by atoms with Crippen LogP contribution in [0, 0.1) is 5.92 Å². The average molecular weight is 1130 g/mol. The molecule has 0 saturated carbocycles. The van der Waals surface area contributed by atoms with E-state index in [0.717, 1.165) is 34.7 Å². The number of pyridine rings is 2. The largest absolute Gasteiger partial charge is 0.493 e. The number of hydrogen-bond acceptors (Lipinski definition) is 18. The molecule has 6 heterocycles. The number of rotatable bonds is 16. The van der Waals surface area contributed by atoms with E-state index < -0.39 is 83.5 Å². The number of nitrogens with zero attached hydrogens (tertiary/aromatic N) is 2. The van der Waals surface area contributed by atoms with Crippen LogP contribution in [0.1, 0.15) is 97.9 Å². The van der Waals surface area contributed by atoms with Gasteiger partial charge in [0.15, 0.2) is 17.5 Å². The third kappa shape index (κ3) is 10.7. The first-order valence-corrected chi connectivity index (χ1v) is 27.3. The lowest BCUT2D eigenvalue weighted by atomic mass is 9.86. The van der Waals surface area contributed by atoms with Gasteiger partial charge in [-0.2, -0.15) is 0 Å². The summed E-state index contributed by atoms with van der Waals surface area (Å²) in [6.07, 6.45) is -6.51. The minimum atomic E-state index is -2.04. The number of nitrogens with one attached hydrogen (secondary N) is 3. The summed E-state index contributed by atoms with van der Waals surface area (Å²) in [5.74, 6) is -3.70. The quantitative estimate of drug-likeness (QED) is 0.0593. The molecule has 11 rings (SSSR count). The van der Waals surface area contributed by atoms with Crippen LogP contribution in [0.2, 0.25) is 0 Å². The Morgan fingerprint density at radius 1 is 0.831 bits per heavy atom. The first-order chi connectivity index (χ1) is 39.9. The number of ketones is 1. The van der Waals surface area contributed by atoms with Crippen LogP contribution in [0.5, 0.6) is 11.5 Å². The molecule has 4 aromatic carbocycles. The Morgan fingerprint density at radius 3 is 2.25 bits per heavy atom. The van der Waals surface area contributed by atoms with Crippen molar-refractivity contribution >= 4 is 58.4 Å². The molecule has 5 aliphatic rings. The average Bonchev–Trinajstić information content (AvgIpc) is 2.30. The summed E-state index contributed by atoms with van der Waals surface area (Å²) in [7, 11) is 0. The van der Waals surface area contributed by atoms with Crippen LogP contribution >= 0.6 is 0 Å². The van der Waals surface area contributed by atoms with E-state index in [4.69, 9.17) is 42.9 Å². The number of esters is 3. The highest BCUT2D eigenvalue weighted by Crippen LogP contribution is 2.46. The van der Waals surface area contributed by atoms with Crippen LogP contribution in [-0.2, 0) is 90.7 Å². The van der Waals surface area contributed by atoms with Crippen LogP contribution in [0.25, 0.3) is 33.4 Å². The number of hydrogen-bond donors (Lipinski definition) is 4. The Balaban J connectivity index is 0.818. The molecule has 430 valence electrons. The zero-order chi connectivity index (χ0) is 58.4. The van der Waals surface area contributed by atoms with Gasteiger partial charge in [-0.05, 0) is 76.6 Å². The van der Waals surface area contributed by atoms with Gasteiger partial charge in [-0.15, -0.1) is 0 Å². The van der Waals surface area contributed by atoms with Crippen molar-refractivity contribution in [3.8, 4) is 34.0 Å². The fourth-order valence-corrected chi connectivity index (χ4v) is 11.7. The van der Waals surface area contributed by atoms with Gasteiger partial charge in [0.05, 0.1) is 41.3 Å². The summed E-state index contributed by atoms with van der Waals surface area (Å²) in [6, 6.07) is 25.7. The highest BCUT2D eigenvalue weighted by molar-refractivity contribution is 5.93. The first kappa shape index (κ1) is 55.7. The highest BCUT2D eigenvalue weighted by Gasteiger charge is 2.51. The zero-order valence-electron chi connectivity index (χ0n) is 46.0. The van der Waals surface area contributed by atoms with Gasteiger partial charge in [0.25, 0.3) is 5.56 Å². The molecule has 6 atom stereocenters. The highest BCUT2D eigenvalue weighted by atomic mass is 16.7. The SMILES string of the molecule is CC[C@@]1(O)C(=O)OCc2c1cc1n(c2=O)Cc2c-1nc1cc3c(cc1c2CNC(=O)OCc1ccc(O[C@@H]2O[C@H](C(C)=O)[C@@H](C)[C@H](OC(C)=O)[C@H]2OC(C)=O)c(NC(=O)CCNC(=O)OCC2c4ccccc4-c4ccccc42)c1)CCO3. The number of fused-ring (bicyclic) bond motifs is 9. The third-order valence-electron chi connectivity index (χ3n) is 15.8. The number of cyclic esters (lactones) is 1. The predicted octanol–water partition coefficient (Wildman–Crippen LogP) is 6.50. The van der Waals surface area contributed by atoms with E-state index in [-0.39, 0.29) is 80.8 Å². The second-order valence-corrected chi connectivity index (χ2v) is 21.1. The van der Waals surface area contributed by atoms with Crippen molar-refractivity contribution in [2.45, 2.75) is 116 Å². The van der Waals surface area contributed by atoms with E-state index >= 15 is 0 Å². The smallest absolute Gasteiger partial charge is 0.407 e. The maximum absolute atomic E-state index is 14.1. The molecule has 0 spiro atoms. The van der Waals surface area contributed by atoms with E-state index in [1.165, 1.54) is 36.6 Å². The number of carbonyl (C=O) groups is 7. The van der Waals surface area contributed by atoms with Crippen molar-refractivity contribution in [3.05, 3.63) is 140 Å². The molecule has 22 nitrogen and oxygen atoms in total. The van der Waals surface area contributed by atoms with Gasteiger partial charge >= 0.3 is 30.1 Å². The van der Waals surface area contributed by atoms with Crippen LogP contribution in [-0.4, -0.2) is 101 Å². The van der Waals surface area contributed by atoms with E-state index in [2.05, 4.69) is 16.0 Å². The molecule has 3 amide bonds. The number of ether oxygens (including phenoxy) is 8. The summed E-state index contributed by atoms with van der Waals surface area (Å²) in [6.45, 7) is 6.56. The number of benzene rings is 4. The van der Waals surface area contributed by atoms with Crippen molar-refractivity contribution in [2.24, 2.45) is 5.92 Å². The maximum atomic E-state index is 14.1. The summed E-state index contributed by atoms with van der Waals surface area (Å²) in [4.78, 5) is 110. The Hall–Kier alpha value is -9.15. The molecule has 4 aliphatic heterocycles. The van der Waals surface area contributed by atoms with Gasteiger partial charge in [0, 0.05) is 74.2 Å². The fraction of sp³-hybridized carbons (Fsp3) is 0.361. The second-order valence-electron chi connectivity index (χ2n) is 21.1.